The lowest BCUT2D eigenvalue weighted by Crippen LogP contribution is -2.06. The van der Waals surface area contributed by atoms with E-state index < -0.39 is 0 Å². The van der Waals surface area contributed by atoms with E-state index in [9.17, 15) is 0 Å². The van der Waals surface area contributed by atoms with E-state index in [1.807, 2.05) is 30.3 Å². The lowest BCUT2D eigenvalue weighted by molar-refractivity contribution is 1.03. The molecule has 3 aromatic heterocycles. The Morgan fingerprint density at radius 3 is 1.91 bits per heavy atom. The Morgan fingerprint density at radius 2 is 1.27 bits per heavy atom. The molecule has 0 fully saturated rings. The lowest BCUT2D eigenvalue weighted by atomic mass is 10.3. The molecular formula is C16H16N6. The van der Waals surface area contributed by atoms with Crippen molar-refractivity contribution in [3.05, 3.63) is 72.4 Å². The quantitative estimate of drug-likeness (QED) is 0.727. The van der Waals surface area contributed by atoms with E-state index in [4.69, 9.17) is 0 Å². The summed E-state index contributed by atoms with van der Waals surface area (Å²) in [5.41, 5.74) is 2.29. The Kier molecular flexibility index (Phi) is 4.51. The van der Waals surface area contributed by atoms with Crippen LogP contribution in [0.1, 0.15) is 11.1 Å². The first-order chi connectivity index (χ1) is 10.9. The third-order valence-electron chi connectivity index (χ3n) is 3.08. The summed E-state index contributed by atoms with van der Waals surface area (Å²) in [5, 5.41) is 6.47. The van der Waals surface area contributed by atoms with Crippen molar-refractivity contribution in [3.8, 4) is 0 Å². The molecule has 0 aliphatic heterocycles. The minimum atomic E-state index is 0.594. The summed E-state index contributed by atoms with van der Waals surface area (Å²) < 4.78 is 0. The third kappa shape index (κ3) is 3.99. The van der Waals surface area contributed by atoms with Crippen LogP contribution in [0.4, 0.5) is 11.8 Å². The van der Waals surface area contributed by atoms with E-state index in [0.29, 0.717) is 19.0 Å². The number of hydrogen-bond donors (Lipinski definition) is 2. The highest BCUT2D eigenvalue weighted by molar-refractivity contribution is 5.40. The molecule has 0 atom stereocenters. The molecular weight excluding hydrogens is 276 g/mol. The maximum atomic E-state index is 4.44. The number of anilines is 2. The van der Waals surface area contributed by atoms with Gasteiger partial charge >= 0.3 is 0 Å². The van der Waals surface area contributed by atoms with Gasteiger partial charge < -0.3 is 10.6 Å². The summed E-state index contributed by atoms with van der Waals surface area (Å²) in [6.07, 6.45) is 8.82. The van der Waals surface area contributed by atoms with Crippen molar-refractivity contribution in [1.82, 2.24) is 19.9 Å². The molecule has 3 aromatic rings. The zero-order valence-electron chi connectivity index (χ0n) is 12.0. The van der Waals surface area contributed by atoms with Crippen molar-refractivity contribution < 1.29 is 0 Å². The molecule has 0 aliphatic rings. The van der Waals surface area contributed by atoms with Gasteiger partial charge in [-0.1, -0.05) is 0 Å². The molecule has 0 saturated heterocycles. The molecule has 0 saturated carbocycles. The summed E-state index contributed by atoms with van der Waals surface area (Å²) in [4.78, 5) is 16.7. The highest BCUT2D eigenvalue weighted by atomic mass is 15.1. The third-order valence-corrected chi connectivity index (χ3v) is 3.08. The van der Waals surface area contributed by atoms with Gasteiger partial charge in [0, 0.05) is 44.1 Å². The lowest BCUT2D eigenvalue weighted by Gasteiger charge is -2.08. The average Bonchev–Trinajstić information content (AvgIpc) is 2.60. The van der Waals surface area contributed by atoms with Gasteiger partial charge in [0.1, 0.15) is 5.82 Å². The minimum Gasteiger partial charge on any atom is -0.366 e. The standard InChI is InChI=1S/C16H16N6/c1-6-17-7-2-13(1)11-20-15-5-10-19-16(22-15)21-12-14-3-8-18-9-4-14/h1-10H,11-12H2,(H2,19,20,21,22). The molecule has 2 N–H and O–H groups in total. The van der Waals surface area contributed by atoms with Crippen LogP contribution in [-0.2, 0) is 13.1 Å². The Morgan fingerprint density at radius 1 is 0.682 bits per heavy atom. The van der Waals surface area contributed by atoms with Gasteiger partial charge in [-0.25, -0.2) is 4.98 Å². The molecule has 0 amide bonds. The zero-order chi connectivity index (χ0) is 15.0. The number of nitrogens with one attached hydrogen (secondary N) is 2. The predicted octanol–water partition coefficient (Wildman–Crippen LogP) is 2.49. The van der Waals surface area contributed by atoms with Crippen molar-refractivity contribution >= 4 is 11.8 Å². The summed E-state index contributed by atoms with van der Waals surface area (Å²) in [6.45, 7) is 1.36. The molecule has 0 bridgehead atoms. The normalized spacial score (nSPS) is 10.2. The van der Waals surface area contributed by atoms with E-state index in [2.05, 4.69) is 30.6 Å². The van der Waals surface area contributed by atoms with Crippen LogP contribution in [0.5, 0.6) is 0 Å². The number of aromatic nitrogens is 4. The Balaban J connectivity index is 1.58. The van der Waals surface area contributed by atoms with E-state index in [1.54, 1.807) is 31.0 Å². The van der Waals surface area contributed by atoms with Gasteiger partial charge in [0.2, 0.25) is 5.95 Å². The maximum Gasteiger partial charge on any atom is 0.224 e. The van der Waals surface area contributed by atoms with Gasteiger partial charge in [0.25, 0.3) is 0 Å². The van der Waals surface area contributed by atoms with Gasteiger partial charge in [0.15, 0.2) is 0 Å². The minimum absolute atomic E-state index is 0.594. The first kappa shape index (κ1) is 13.9. The van der Waals surface area contributed by atoms with Crippen molar-refractivity contribution in [2.75, 3.05) is 10.6 Å². The molecule has 0 aliphatic carbocycles. The smallest absolute Gasteiger partial charge is 0.224 e. The van der Waals surface area contributed by atoms with E-state index >= 15 is 0 Å². The van der Waals surface area contributed by atoms with E-state index in [0.717, 1.165) is 16.9 Å². The fourth-order valence-corrected chi connectivity index (χ4v) is 1.92. The largest absolute Gasteiger partial charge is 0.366 e. The maximum absolute atomic E-state index is 4.44. The van der Waals surface area contributed by atoms with Crippen LogP contribution < -0.4 is 10.6 Å². The molecule has 3 rings (SSSR count). The van der Waals surface area contributed by atoms with Gasteiger partial charge in [0.05, 0.1) is 0 Å². The molecule has 6 heteroatoms. The molecule has 0 spiro atoms. The summed E-state index contributed by atoms with van der Waals surface area (Å²) >= 11 is 0. The van der Waals surface area contributed by atoms with E-state index in [1.165, 1.54) is 0 Å². The molecule has 6 nitrogen and oxygen atoms in total. The monoisotopic (exact) mass is 292 g/mol. The van der Waals surface area contributed by atoms with Gasteiger partial charge in [-0.15, -0.1) is 0 Å². The molecule has 110 valence electrons. The van der Waals surface area contributed by atoms with Gasteiger partial charge in [-0.05, 0) is 41.5 Å². The summed E-state index contributed by atoms with van der Waals surface area (Å²) in [7, 11) is 0. The van der Waals surface area contributed by atoms with Crippen LogP contribution >= 0.6 is 0 Å². The molecule has 3 heterocycles. The van der Waals surface area contributed by atoms with Crippen LogP contribution in [0.2, 0.25) is 0 Å². The topological polar surface area (TPSA) is 75.6 Å². The number of hydrogen-bond acceptors (Lipinski definition) is 6. The van der Waals surface area contributed by atoms with E-state index in [-0.39, 0.29) is 0 Å². The van der Waals surface area contributed by atoms with Crippen LogP contribution in [0.25, 0.3) is 0 Å². The predicted molar refractivity (Wildman–Crippen MR) is 85.2 cm³/mol. The average molecular weight is 292 g/mol. The molecule has 0 unspecified atom stereocenters. The number of rotatable bonds is 6. The zero-order valence-corrected chi connectivity index (χ0v) is 12.0. The van der Waals surface area contributed by atoms with Crippen LogP contribution in [-0.4, -0.2) is 19.9 Å². The molecule has 22 heavy (non-hydrogen) atoms. The van der Waals surface area contributed by atoms with Crippen LogP contribution in [0.3, 0.4) is 0 Å². The van der Waals surface area contributed by atoms with Crippen molar-refractivity contribution in [2.45, 2.75) is 13.1 Å². The molecule has 0 aromatic carbocycles. The first-order valence-electron chi connectivity index (χ1n) is 6.99. The fraction of sp³-hybridized carbons (Fsp3) is 0.125. The Hall–Kier alpha value is -3.02. The Labute approximate surface area is 128 Å². The molecule has 0 radical (unpaired) electrons. The van der Waals surface area contributed by atoms with Crippen LogP contribution in [0, 0.1) is 0 Å². The highest BCUT2D eigenvalue weighted by Crippen LogP contribution is 2.09. The van der Waals surface area contributed by atoms with Crippen molar-refractivity contribution in [1.29, 1.82) is 0 Å². The Bertz CT molecular complexity index is 643. The summed E-state index contributed by atoms with van der Waals surface area (Å²) in [6, 6.07) is 9.70. The second-order valence-corrected chi connectivity index (χ2v) is 4.68. The second-order valence-electron chi connectivity index (χ2n) is 4.68. The van der Waals surface area contributed by atoms with Gasteiger partial charge in [-0.3, -0.25) is 9.97 Å². The number of pyridine rings is 2. The van der Waals surface area contributed by atoms with Gasteiger partial charge in [-0.2, -0.15) is 4.98 Å². The first-order valence-corrected chi connectivity index (χ1v) is 6.99. The second kappa shape index (κ2) is 7.12. The fourth-order valence-electron chi connectivity index (χ4n) is 1.92. The highest BCUT2D eigenvalue weighted by Gasteiger charge is 2.00. The SMILES string of the molecule is c1cc(CNc2ccnc(NCc3ccncc3)n2)ccn1. The van der Waals surface area contributed by atoms with Crippen molar-refractivity contribution in [2.24, 2.45) is 0 Å². The number of nitrogens with zero attached hydrogens (tertiary/aromatic N) is 4. The van der Waals surface area contributed by atoms with Crippen molar-refractivity contribution in [3.63, 3.8) is 0 Å². The van der Waals surface area contributed by atoms with Crippen LogP contribution in [0.15, 0.2) is 61.3 Å². The summed E-state index contributed by atoms with van der Waals surface area (Å²) in [5.74, 6) is 1.38.